The third-order valence-electron chi connectivity index (χ3n) is 3.65. The number of hydrogen-bond donors (Lipinski definition) is 4. The zero-order chi connectivity index (χ0) is 20.6. The third kappa shape index (κ3) is 9.15. The molecule has 0 aromatic rings. The van der Waals surface area contributed by atoms with Gasteiger partial charge in [-0.25, -0.2) is 0 Å². The molecule has 1 fully saturated rings. The number of nitrogens with zero attached hydrogens (tertiary/aromatic N) is 1. The van der Waals surface area contributed by atoms with Crippen molar-refractivity contribution in [3.63, 3.8) is 0 Å². The van der Waals surface area contributed by atoms with Crippen molar-refractivity contribution in [2.45, 2.75) is 55.5 Å². The van der Waals surface area contributed by atoms with Crippen LogP contribution >= 0.6 is 11.8 Å². The lowest BCUT2D eigenvalue weighted by molar-refractivity contribution is -0.205. The second-order valence-corrected chi connectivity index (χ2v) is 9.56. The molecule has 27 heavy (non-hydrogen) atoms. The lowest BCUT2D eigenvalue weighted by Gasteiger charge is -2.39. The van der Waals surface area contributed by atoms with E-state index in [9.17, 15) is 37.6 Å². The predicted octanol–water partition coefficient (Wildman–Crippen LogP) is -1.75. The Bertz CT molecular complexity index is 611. The van der Waals surface area contributed by atoms with Crippen LogP contribution in [-0.2, 0) is 30.2 Å². The summed E-state index contributed by atoms with van der Waals surface area (Å²) in [4.78, 5) is 0. The molecular formula is C13H24NO10S3-. The Morgan fingerprint density at radius 2 is 1.89 bits per heavy atom. The standard InChI is InChI=1S/C13H25NO10S3/c1-26(19)6-4-2-3-5-9(14-24-27(20,21)22)25-13-12(18)11(17)10(16)8(7-15)23-13/h8,10-13,15-18H,2-7H2,1H3,(H,20,21,22)/p-1. The van der Waals surface area contributed by atoms with Gasteiger partial charge in [-0.15, -0.1) is 0 Å². The summed E-state index contributed by atoms with van der Waals surface area (Å²) < 4.78 is 52.1. The molecule has 0 aromatic heterocycles. The summed E-state index contributed by atoms with van der Waals surface area (Å²) in [6.45, 7) is -0.617. The molecule has 6 atom stereocenters. The molecule has 11 nitrogen and oxygen atoms in total. The van der Waals surface area contributed by atoms with Gasteiger partial charge in [-0.1, -0.05) is 23.3 Å². The maximum absolute atomic E-state index is 11.0. The SMILES string of the molecule is CS(=O)CCCCCC(=NOS(=O)(=O)[O-])SC1OC(CO)C(O)C(O)C1O. The van der Waals surface area contributed by atoms with Gasteiger partial charge in [0.15, 0.2) is 0 Å². The van der Waals surface area contributed by atoms with Gasteiger partial charge >= 0.3 is 0 Å². The van der Waals surface area contributed by atoms with E-state index in [0.29, 0.717) is 36.8 Å². The number of unbranched alkanes of at least 4 members (excludes halogenated alkanes) is 2. The monoisotopic (exact) mass is 450 g/mol. The molecule has 0 radical (unpaired) electrons. The van der Waals surface area contributed by atoms with Crippen molar-refractivity contribution >= 4 is 38.0 Å². The summed E-state index contributed by atoms with van der Waals surface area (Å²) in [5.74, 6) is 0.512. The number of rotatable bonds is 10. The molecule has 1 rings (SSSR count). The Kier molecular flexibility index (Phi) is 10.6. The van der Waals surface area contributed by atoms with Crippen LogP contribution in [0.2, 0.25) is 0 Å². The van der Waals surface area contributed by atoms with Crippen LogP contribution in [0.25, 0.3) is 0 Å². The summed E-state index contributed by atoms with van der Waals surface area (Å²) >= 11 is 0.711. The van der Waals surface area contributed by atoms with Gasteiger partial charge in [0.1, 0.15) is 34.9 Å². The molecule has 1 heterocycles. The Labute approximate surface area is 164 Å². The first-order valence-corrected chi connectivity index (χ1v) is 12.0. The highest BCUT2D eigenvalue weighted by Gasteiger charge is 2.44. The molecule has 160 valence electrons. The molecule has 14 heteroatoms. The van der Waals surface area contributed by atoms with E-state index in [4.69, 9.17) is 4.74 Å². The van der Waals surface area contributed by atoms with Crippen molar-refractivity contribution in [1.29, 1.82) is 0 Å². The minimum absolute atomic E-state index is 0.0105. The molecule has 1 saturated heterocycles. The van der Waals surface area contributed by atoms with Crippen LogP contribution in [0.4, 0.5) is 0 Å². The van der Waals surface area contributed by atoms with Crippen LogP contribution in [0.1, 0.15) is 25.7 Å². The van der Waals surface area contributed by atoms with Crippen molar-refractivity contribution in [3.8, 4) is 0 Å². The lowest BCUT2D eigenvalue weighted by Crippen LogP contribution is -2.57. The largest absolute Gasteiger partial charge is 0.714 e. The van der Waals surface area contributed by atoms with E-state index in [0.717, 1.165) is 0 Å². The van der Waals surface area contributed by atoms with Crippen LogP contribution in [-0.4, -0.2) is 91.1 Å². The summed E-state index contributed by atoms with van der Waals surface area (Å²) in [5, 5.41) is 42.0. The zero-order valence-corrected chi connectivity index (χ0v) is 17.0. The number of thioether (sulfide) groups is 1. The number of oxime groups is 1. The van der Waals surface area contributed by atoms with E-state index >= 15 is 0 Å². The first-order valence-electron chi connectivity index (χ1n) is 8.03. The zero-order valence-electron chi connectivity index (χ0n) is 14.5. The van der Waals surface area contributed by atoms with Gasteiger partial charge in [0.05, 0.1) is 6.61 Å². The summed E-state index contributed by atoms with van der Waals surface area (Å²) in [7, 11) is -6.01. The molecule has 0 saturated carbocycles. The van der Waals surface area contributed by atoms with Gasteiger partial charge in [0.2, 0.25) is 0 Å². The van der Waals surface area contributed by atoms with E-state index in [-0.39, 0.29) is 11.5 Å². The first-order chi connectivity index (χ1) is 12.5. The molecule has 0 amide bonds. The summed E-state index contributed by atoms with van der Waals surface area (Å²) in [5.41, 5.74) is -1.18. The highest BCUT2D eigenvalue weighted by molar-refractivity contribution is 8.14. The second-order valence-electron chi connectivity index (χ2n) is 5.87. The number of ether oxygens (including phenoxy) is 1. The van der Waals surface area contributed by atoms with Crippen molar-refractivity contribution < 1.29 is 46.6 Å². The highest BCUT2D eigenvalue weighted by atomic mass is 32.3. The third-order valence-corrected chi connectivity index (χ3v) is 5.95. The maximum atomic E-state index is 11.0. The van der Waals surface area contributed by atoms with Crippen molar-refractivity contribution in [3.05, 3.63) is 0 Å². The van der Waals surface area contributed by atoms with Crippen molar-refractivity contribution in [2.75, 3.05) is 18.6 Å². The molecule has 0 aromatic carbocycles. The average molecular weight is 451 g/mol. The van der Waals surface area contributed by atoms with Gasteiger partial charge in [-0.2, -0.15) is 8.42 Å². The molecule has 0 aliphatic carbocycles. The molecule has 0 spiro atoms. The Morgan fingerprint density at radius 1 is 1.22 bits per heavy atom. The molecule has 1 aliphatic rings. The molecule has 6 unspecified atom stereocenters. The molecule has 1 aliphatic heterocycles. The fraction of sp³-hybridized carbons (Fsp3) is 0.923. The first kappa shape index (κ1) is 24.7. The van der Waals surface area contributed by atoms with Crippen LogP contribution < -0.4 is 0 Å². The lowest BCUT2D eigenvalue weighted by atomic mass is 10.0. The normalized spacial score (nSPS) is 30.9. The summed E-state index contributed by atoms with van der Waals surface area (Å²) in [6.07, 6.45) is -2.24. The molecule has 4 N–H and O–H groups in total. The Hall–Kier alpha value is -0.320. The minimum Gasteiger partial charge on any atom is -0.714 e. The van der Waals surface area contributed by atoms with E-state index in [1.54, 1.807) is 6.26 Å². The average Bonchev–Trinajstić information content (AvgIpc) is 2.58. The highest BCUT2D eigenvalue weighted by Crippen LogP contribution is 2.30. The van der Waals surface area contributed by atoms with E-state index < -0.39 is 57.7 Å². The van der Waals surface area contributed by atoms with Crippen LogP contribution in [0.3, 0.4) is 0 Å². The van der Waals surface area contributed by atoms with Gasteiger partial charge < -0.3 is 29.7 Å². The Morgan fingerprint density at radius 3 is 2.44 bits per heavy atom. The van der Waals surface area contributed by atoms with E-state index in [1.165, 1.54) is 0 Å². The van der Waals surface area contributed by atoms with E-state index in [1.807, 2.05) is 0 Å². The minimum atomic E-state index is -5.08. The van der Waals surface area contributed by atoms with E-state index in [2.05, 4.69) is 9.44 Å². The quantitative estimate of drug-likeness (QED) is 0.0738. The molecule has 0 bridgehead atoms. The van der Waals surface area contributed by atoms with Gasteiger partial charge in [-0.05, 0) is 19.3 Å². The Balaban J connectivity index is 2.75. The van der Waals surface area contributed by atoms with Gasteiger partial charge in [-0.3, -0.25) is 8.49 Å². The fourth-order valence-corrected chi connectivity index (χ4v) is 4.22. The smallest absolute Gasteiger partial charge is 0.284 e. The van der Waals surface area contributed by atoms with Gasteiger partial charge in [0.25, 0.3) is 10.4 Å². The maximum Gasteiger partial charge on any atom is 0.284 e. The van der Waals surface area contributed by atoms with Crippen LogP contribution in [0.5, 0.6) is 0 Å². The number of aliphatic hydroxyl groups excluding tert-OH is 4. The van der Waals surface area contributed by atoms with Crippen LogP contribution in [0, 0.1) is 0 Å². The number of aliphatic hydroxyl groups is 4. The topological polar surface area (TPSA) is 186 Å². The van der Waals surface area contributed by atoms with Crippen LogP contribution in [0.15, 0.2) is 5.16 Å². The number of hydrogen-bond acceptors (Lipinski definition) is 12. The van der Waals surface area contributed by atoms with Crippen molar-refractivity contribution in [1.82, 2.24) is 0 Å². The fourth-order valence-electron chi connectivity index (χ4n) is 2.27. The summed E-state index contributed by atoms with van der Waals surface area (Å²) in [6, 6.07) is 0. The van der Waals surface area contributed by atoms with Crippen molar-refractivity contribution in [2.24, 2.45) is 5.16 Å². The van der Waals surface area contributed by atoms with Gasteiger partial charge in [0, 0.05) is 22.8 Å². The molecular weight excluding hydrogens is 426 g/mol. The second kappa shape index (κ2) is 11.6. The predicted molar refractivity (Wildman–Crippen MR) is 97.0 cm³/mol.